The lowest BCUT2D eigenvalue weighted by Crippen LogP contribution is -2.09. The molecule has 0 saturated heterocycles. The summed E-state index contributed by atoms with van der Waals surface area (Å²) in [5, 5.41) is 0. The van der Waals surface area contributed by atoms with Gasteiger partial charge < -0.3 is 9.47 Å². The van der Waals surface area contributed by atoms with Gasteiger partial charge in [-0.15, -0.1) is 0 Å². The maximum atomic E-state index is 10.7. The third-order valence-electron chi connectivity index (χ3n) is 1.14. The highest BCUT2D eigenvalue weighted by Crippen LogP contribution is 2.07. The van der Waals surface area contributed by atoms with Crippen LogP contribution in [0.5, 0.6) is 5.75 Å². The molecule has 0 unspecified atom stereocenters. The van der Waals surface area contributed by atoms with Crippen molar-refractivity contribution in [2.75, 3.05) is 6.61 Å². The van der Waals surface area contributed by atoms with Crippen molar-refractivity contribution in [3.8, 4) is 5.75 Å². The summed E-state index contributed by atoms with van der Waals surface area (Å²) in [4.78, 5) is 10.7. The van der Waals surface area contributed by atoms with Crippen molar-refractivity contribution >= 4 is 6.16 Å². The largest absolute Gasteiger partial charge is 0.513 e. The smallest absolute Gasteiger partial charge is 0.434 e. The standard InChI is InChI=1S/C9H9O3/c1-2-11-9(10)12-8-6-4-3-5-7-8/h3-6H,2H2,1H3. The van der Waals surface area contributed by atoms with Gasteiger partial charge in [0.1, 0.15) is 5.75 Å². The van der Waals surface area contributed by atoms with Crippen LogP contribution in [-0.4, -0.2) is 12.8 Å². The van der Waals surface area contributed by atoms with Gasteiger partial charge in [0.05, 0.1) is 6.61 Å². The second-order valence-corrected chi connectivity index (χ2v) is 2.01. The van der Waals surface area contributed by atoms with Crippen molar-refractivity contribution in [1.82, 2.24) is 0 Å². The van der Waals surface area contributed by atoms with E-state index in [1.54, 1.807) is 31.2 Å². The van der Waals surface area contributed by atoms with Gasteiger partial charge in [-0.05, 0) is 13.0 Å². The first-order chi connectivity index (χ1) is 5.83. The fraction of sp³-hybridized carbons (Fsp3) is 0.222. The van der Waals surface area contributed by atoms with Crippen LogP contribution in [0.2, 0.25) is 0 Å². The number of carbonyl (C=O) groups is 1. The van der Waals surface area contributed by atoms with E-state index in [2.05, 4.69) is 10.8 Å². The molecule has 0 bridgehead atoms. The van der Waals surface area contributed by atoms with Gasteiger partial charge in [0, 0.05) is 6.07 Å². The summed E-state index contributed by atoms with van der Waals surface area (Å²) in [5.41, 5.74) is 0. The first-order valence-corrected chi connectivity index (χ1v) is 3.64. The summed E-state index contributed by atoms with van der Waals surface area (Å²) in [6.45, 7) is 2.03. The molecule has 0 aromatic heterocycles. The van der Waals surface area contributed by atoms with Crippen molar-refractivity contribution in [2.24, 2.45) is 0 Å². The van der Waals surface area contributed by atoms with E-state index < -0.39 is 6.16 Å². The van der Waals surface area contributed by atoms with E-state index in [0.717, 1.165) is 0 Å². The minimum absolute atomic E-state index is 0.311. The van der Waals surface area contributed by atoms with Crippen molar-refractivity contribution in [3.05, 3.63) is 30.3 Å². The van der Waals surface area contributed by atoms with Crippen LogP contribution in [0, 0.1) is 6.07 Å². The van der Waals surface area contributed by atoms with E-state index in [-0.39, 0.29) is 0 Å². The molecule has 12 heavy (non-hydrogen) atoms. The summed E-state index contributed by atoms with van der Waals surface area (Å²) in [6.07, 6.45) is -0.694. The first-order valence-electron chi connectivity index (χ1n) is 3.64. The summed E-state index contributed by atoms with van der Waals surface area (Å²) < 4.78 is 9.30. The highest BCUT2D eigenvalue weighted by molar-refractivity contribution is 5.63. The van der Waals surface area contributed by atoms with Gasteiger partial charge in [-0.25, -0.2) is 4.79 Å². The molecule has 1 aromatic carbocycles. The van der Waals surface area contributed by atoms with E-state index in [1.165, 1.54) is 0 Å². The maximum Gasteiger partial charge on any atom is 0.513 e. The summed E-state index contributed by atoms with van der Waals surface area (Å²) in [5.74, 6) is 0.371. The topological polar surface area (TPSA) is 35.5 Å². The minimum Gasteiger partial charge on any atom is -0.434 e. The molecule has 1 rings (SSSR count). The van der Waals surface area contributed by atoms with Crippen LogP contribution in [0.25, 0.3) is 0 Å². The molecule has 1 aromatic rings. The first kappa shape index (κ1) is 8.59. The zero-order valence-corrected chi connectivity index (χ0v) is 6.74. The van der Waals surface area contributed by atoms with Gasteiger partial charge in [0.15, 0.2) is 0 Å². The van der Waals surface area contributed by atoms with E-state index in [0.29, 0.717) is 12.4 Å². The average Bonchev–Trinajstić information content (AvgIpc) is 2.06. The molecular weight excluding hydrogens is 156 g/mol. The zero-order valence-electron chi connectivity index (χ0n) is 6.74. The Hall–Kier alpha value is -1.51. The van der Waals surface area contributed by atoms with Crippen LogP contribution in [0.4, 0.5) is 4.79 Å². The number of ether oxygens (including phenoxy) is 2. The normalized spacial score (nSPS) is 9.08. The van der Waals surface area contributed by atoms with Crippen LogP contribution in [0.1, 0.15) is 6.92 Å². The monoisotopic (exact) mass is 165 g/mol. The molecule has 1 radical (unpaired) electrons. The summed E-state index contributed by atoms with van der Waals surface area (Å²) >= 11 is 0. The van der Waals surface area contributed by atoms with Gasteiger partial charge in [0.25, 0.3) is 0 Å². The number of benzene rings is 1. The molecule has 0 amide bonds. The quantitative estimate of drug-likeness (QED) is 0.496. The molecule has 0 aliphatic carbocycles. The van der Waals surface area contributed by atoms with Crippen LogP contribution in [-0.2, 0) is 4.74 Å². The van der Waals surface area contributed by atoms with Crippen LogP contribution < -0.4 is 4.74 Å². The highest BCUT2D eigenvalue weighted by atomic mass is 16.7. The van der Waals surface area contributed by atoms with Gasteiger partial charge >= 0.3 is 6.16 Å². The fourth-order valence-corrected chi connectivity index (χ4v) is 0.677. The predicted molar refractivity (Wildman–Crippen MR) is 42.9 cm³/mol. The van der Waals surface area contributed by atoms with Crippen LogP contribution >= 0.6 is 0 Å². The Kier molecular flexibility index (Phi) is 3.14. The zero-order chi connectivity index (χ0) is 8.81. The van der Waals surface area contributed by atoms with Crippen molar-refractivity contribution < 1.29 is 14.3 Å². The van der Waals surface area contributed by atoms with Crippen LogP contribution in [0.15, 0.2) is 24.3 Å². The Labute approximate surface area is 70.9 Å². The van der Waals surface area contributed by atoms with E-state index in [9.17, 15) is 4.79 Å². The molecule has 0 fully saturated rings. The molecule has 3 heteroatoms. The second-order valence-electron chi connectivity index (χ2n) is 2.01. The molecule has 0 aliphatic heterocycles. The molecule has 0 atom stereocenters. The van der Waals surface area contributed by atoms with Crippen LogP contribution in [0.3, 0.4) is 0 Å². The second kappa shape index (κ2) is 4.38. The van der Waals surface area contributed by atoms with Gasteiger partial charge in [-0.1, -0.05) is 18.2 Å². The third kappa shape index (κ3) is 2.62. The minimum atomic E-state index is -0.694. The molecular formula is C9H9O3. The number of para-hydroxylation sites is 1. The molecule has 0 aliphatic rings. The summed E-state index contributed by atoms with van der Waals surface area (Å²) in [6, 6.07) is 9.58. The Morgan fingerprint density at radius 1 is 1.58 bits per heavy atom. The Balaban J connectivity index is 2.47. The molecule has 63 valence electrons. The highest BCUT2D eigenvalue weighted by Gasteiger charge is 2.02. The number of hydrogen-bond donors (Lipinski definition) is 0. The Morgan fingerprint density at radius 3 is 3.00 bits per heavy atom. The van der Waals surface area contributed by atoms with Gasteiger partial charge in [-0.3, -0.25) is 0 Å². The Bertz CT molecular complexity index is 243. The number of hydrogen-bond acceptors (Lipinski definition) is 3. The molecule has 0 N–H and O–H groups in total. The fourth-order valence-electron chi connectivity index (χ4n) is 0.677. The van der Waals surface area contributed by atoms with Crippen molar-refractivity contribution in [2.45, 2.75) is 6.92 Å². The van der Waals surface area contributed by atoms with E-state index >= 15 is 0 Å². The van der Waals surface area contributed by atoms with Gasteiger partial charge in [-0.2, -0.15) is 0 Å². The lowest BCUT2D eigenvalue weighted by Gasteiger charge is -2.01. The van der Waals surface area contributed by atoms with Crippen molar-refractivity contribution in [3.63, 3.8) is 0 Å². The molecule has 0 heterocycles. The number of rotatable bonds is 2. The third-order valence-corrected chi connectivity index (χ3v) is 1.14. The SMILES string of the molecule is CCOC(=O)Oc1[c]cccc1. The average molecular weight is 165 g/mol. The molecule has 0 spiro atoms. The van der Waals surface area contributed by atoms with E-state index in [1.807, 2.05) is 0 Å². The maximum absolute atomic E-state index is 10.7. The molecule has 3 nitrogen and oxygen atoms in total. The van der Waals surface area contributed by atoms with Gasteiger partial charge in [0.2, 0.25) is 0 Å². The Morgan fingerprint density at radius 2 is 2.42 bits per heavy atom. The lowest BCUT2D eigenvalue weighted by atomic mass is 10.3. The van der Waals surface area contributed by atoms with E-state index in [4.69, 9.17) is 4.74 Å². The predicted octanol–water partition coefficient (Wildman–Crippen LogP) is 2.02. The molecule has 0 saturated carbocycles. The lowest BCUT2D eigenvalue weighted by molar-refractivity contribution is 0.104. The summed E-state index contributed by atoms with van der Waals surface area (Å²) in [7, 11) is 0. The number of carbonyl (C=O) groups excluding carboxylic acids is 1. The van der Waals surface area contributed by atoms with Crippen molar-refractivity contribution in [1.29, 1.82) is 0 Å².